The Labute approximate surface area is 133 Å². The topological polar surface area (TPSA) is 55.8 Å². The standard InChI is InChI=1S/C15H19ClO4S/c1-10-11(2-4-13(10)16)8-19-9-12-3-5-14(21-12)15(18)20-7-6-17/h3-5,10-11,17H,2,6-9H2,1H3/t10?,11-/m1/s1. The quantitative estimate of drug-likeness (QED) is 0.780. The fourth-order valence-electron chi connectivity index (χ4n) is 2.18. The number of esters is 1. The summed E-state index contributed by atoms with van der Waals surface area (Å²) in [6.07, 6.45) is 3.02. The lowest BCUT2D eigenvalue weighted by atomic mass is 9.99. The molecule has 1 aromatic rings. The zero-order chi connectivity index (χ0) is 15.2. The molecule has 0 bridgehead atoms. The lowest BCUT2D eigenvalue weighted by Crippen LogP contribution is -2.13. The van der Waals surface area contributed by atoms with Gasteiger partial charge in [0.2, 0.25) is 0 Å². The lowest BCUT2D eigenvalue weighted by molar-refractivity contribution is 0.0439. The Morgan fingerprint density at radius 2 is 2.33 bits per heavy atom. The summed E-state index contributed by atoms with van der Waals surface area (Å²) in [5.74, 6) is 0.395. The summed E-state index contributed by atoms with van der Waals surface area (Å²) in [4.78, 5) is 13.1. The van der Waals surface area contributed by atoms with E-state index in [4.69, 9.17) is 26.2 Å². The highest BCUT2D eigenvalue weighted by Crippen LogP contribution is 2.34. The second kappa shape index (κ2) is 7.94. The third-order valence-electron chi connectivity index (χ3n) is 3.52. The average Bonchev–Trinajstić information content (AvgIpc) is 3.07. The van der Waals surface area contributed by atoms with Crippen LogP contribution in [-0.2, 0) is 16.1 Å². The zero-order valence-corrected chi connectivity index (χ0v) is 13.5. The normalized spacial score (nSPS) is 21.4. The second-order valence-electron chi connectivity index (χ2n) is 5.01. The van der Waals surface area contributed by atoms with Gasteiger partial charge in [-0.15, -0.1) is 11.3 Å². The molecule has 0 radical (unpaired) electrons. The van der Waals surface area contributed by atoms with Crippen molar-refractivity contribution in [3.05, 3.63) is 33.0 Å². The monoisotopic (exact) mass is 330 g/mol. The first kappa shape index (κ1) is 16.5. The fourth-order valence-corrected chi connectivity index (χ4v) is 3.28. The van der Waals surface area contributed by atoms with E-state index >= 15 is 0 Å². The summed E-state index contributed by atoms with van der Waals surface area (Å²) >= 11 is 7.43. The maximum Gasteiger partial charge on any atom is 0.348 e. The molecule has 1 unspecified atom stereocenters. The number of aliphatic hydroxyl groups is 1. The number of halogens is 1. The Hall–Kier alpha value is -0.880. The number of hydrogen-bond acceptors (Lipinski definition) is 5. The van der Waals surface area contributed by atoms with Gasteiger partial charge in [-0.05, 0) is 30.4 Å². The minimum atomic E-state index is -0.402. The predicted molar refractivity (Wildman–Crippen MR) is 82.6 cm³/mol. The Balaban J connectivity index is 1.74. The van der Waals surface area contributed by atoms with E-state index in [-0.39, 0.29) is 13.2 Å². The highest BCUT2D eigenvalue weighted by molar-refractivity contribution is 7.13. The number of rotatable bonds is 7. The first-order valence-corrected chi connectivity index (χ1v) is 8.11. The van der Waals surface area contributed by atoms with Crippen LogP contribution in [0.15, 0.2) is 23.2 Å². The van der Waals surface area contributed by atoms with E-state index in [2.05, 4.69) is 13.0 Å². The highest BCUT2D eigenvalue weighted by atomic mass is 35.5. The van der Waals surface area contributed by atoms with Crippen LogP contribution in [0.2, 0.25) is 0 Å². The first-order chi connectivity index (χ1) is 10.1. The molecule has 1 aliphatic carbocycles. The van der Waals surface area contributed by atoms with Gasteiger partial charge in [0.25, 0.3) is 0 Å². The molecule has 1 heterocycles. The average molecular weight is 331 g/mol. The van der Waals surface area contributed by atoms with Gasteiger partial charge >= 0.3 is 5.97 Å². The Morgan fingerprint density at radius 1 is 1.52 bits per heavy atom. The van der Waals surface area contributed by atoms with Crippen LogP contribution in [0.25, 0.3) is 0 Å². The predicted octanol–water partition coefficient (Wildman–Crippen LogP) is 3.19. The van der Waals surface area contributed by atoms with E-state index in [1.54, 1.807) is 6.07 Å². The first-order valence-electron chi connectivity index (χ1n) is 6.91. The van der Waals surface area contributed by atoms with E-state index in [1.165, 1.54) is 11.3 Å². The smallest absolute Gasteiger partial charge is 0.348 e. The number of carbonyl (C=O) groups excluding carboxylic acids is 1. The van der Waals surface area contributed by atoms with Gasteiger partial charge in [-0.25, -0.2) is 4.79 Å². The van der Waals surface area contributed by atoms with Crippen LogP contribution >= 0.6 is 22.9 Å². The lowest BCUT2D eigenvalue weighted by Gasteiger charge is -2.16. The number of carbonyl (C=O) groups is 1. The van der Waals surface area contributed by atoms with E-state index in [0.29, 0.717) is 29.9 Å². The van der Waals surface area contributed by atoms with Crippen molar-refractivity contribution in [2.45, 2.75) is 20.0 Å². The van der Waals surface area contributed by atoms with Crippen molar-refractivity contribution >= 4 is 28.9 Å². The molecule has 0 aliphatic heterocycles. The zero-order valence-electron chi connectivity index (χ0n) is 11.9. The number of thiophene rings is 1. The molecular weight excluding hydrogens is 312 g/mol. The highest BCUT2D eigenvalue weighted by Gasteiger charge is 2.24. The summed E-state index contributed by atoms with van der Waals surface area (Å²) < 4.78 is 10.6. The molecule has 116 valence electrons. The van der Waals surface area contributed by atoms with Gasteiger partial charge in [0.05, 0.1) is 19.8 Å². The van der Waals surface area contributed by atoms with Crippen LogP contribution in [0.1, 0.15) is 27.9 Å². The van der Waals surface area contributed by atoms with Gasteiger partial charge in [-0.3, -0.25) is 0 Å². The molecule has 2 atom stereocenters. The Kier molecular flexibility index (Phi) is 6.23. The summed E-state index contributed by atoms with van der Waals surface area (Å²) in [5.41, 5.74) is 0. The molecule has 1 aliphatic rings. The van der Waals surface area contributed by atoms with Crippen LogP contribution in [0.5, 0.6) is 0 Å². The number of ether oxygens (including phenoxy) is 2. The molecular formula is C15H19ClO4S. The van der Waals surface area contributed by atoms with Gasteiger partial charge in [0.1, 0.15) is 11.5 Å². The minimum absolute atomic E-state index is 0.0237. The maximum atomic E-state index is 11.6. The van der Waals surface area contributed by atoms with Gasteiger partial charge in [-0.1, -0.05) is 24.6 Å². The molecule has 1 N–H and O–H groups in total. The second-order valence-corrected chi connectivity index (χ2v) is 6.62. The van der Waals surface area contributed by atoms with Crippen LogP contribution < -0.4 is 0 Å². The van der Waals surface area contributed by atoms with Gasteiger partial charge < -0.3 is 14.6 Å². The van der Waals surface area contributed by atoms with Crippen molar-refractivity contribution in [2.24, 2.45) is 11.8 Å². The Morgan fingerprint density at radius 3 is 3.00 bits per heavy atom. The molecule has 21 heavy (non-hydrogen) atoms. The maximum absolute atomic E-state index is 11.6. The van der Waals surface area contributed by atoms with Crippen LogP contribution in [0.3, 0.4) is 0 Å². The van der Waals surface area contributed by atoms with Crippen molar-refractivity contribution in [2.75, 3.05) is 19.8 Å². The van der Waals surface area contributed by atoms with Gasteiger partial charge in [-0.2, -0.15) is 0 Å². The third-order valence-corrected chi connectivity index (χ3v) is 5.06. The molecule has 6 heteroatoms. The van der Waals surface area contributed by atoms with E-state index in [0.717, 1.165) is 16.3 Å². The van der Waals surface area contributed by atoms with Crippen molar-refractivity contribution in [3.8, 4) is 0 Å². The van der Waals surface area contributed by atoms with Crippen molar-refractivity contribution in [1.29, 1.82) is 0 Å². The van der Waals surface area contributed by atoms with Crippen molar-refractivity contribution < 1.29 is 19.4 Å². The molecule has 4 nitrogen and oxygen atoms in total. The summed E-state index contributed by atoms with van der Waals surface area (Å²) in [5, 5.41) is 9.54. The van der Waals surface area contributed by atoms with Crippen molar-refractivity contribution in [1.82, 2.24) is 0 Å². The van der Waals surface area contributed by atoms with Crippen molar-refractivity contribution in [3.63, 3.8) is 0 Å². The molecule has 0 fully saturated rings. The summed E-state index contributed by atoms with van der Waals surface area (Å²) in [6, 6.07) is 3.59. The van der Waals surface area contributed by atoms with Gasteiger partial charge in [0.15, 0.2) is 0 Å². The Bertz CT molecular complexity index is 512. The summed E-state index contributed by atoms with van der Waals surface area (Å²) in [7, 11) is 0. The van der Waals surface area contributed by atoms with Gasteiger partial charge in [0, 0.05) is 9.91 Å². The van der Waals surface area contributed by atoms with Crippen LogP contribution in [0, 0.1) is 11.8 Å². The molecule has 0 aromatic carbocycles. The largest absolute Gasteiger partial charge is 0.459 e. The summed E-state index contributed by atoms with van der Waals surface area (Å²) in [6.45, 7) is 3.12. The molecule has 0 amide bonds. The van der Waals surface area contributed by atoms with E-state index in [1.807, 2.05) is 6.07 Å². The third kappa shape index (κ3) is 4.54. The van der Waals surface area contributed by atoms with E-state index < -0.39 is 5.97 Å². The SMILES string of the molecule is CC1C(Cl)=CC[C@@H]1COCc1ccc(C(=O)OCCO)s1. The molecule has 1 aromatic heterocycles. The molecule has 0 saturated heterocycles. The van der Waals surface area contributed by atoms with E-state index in [9.17, 15) is 4.79 Å². The molecule has 0 saturated carbocycles. The number of aliphatic hydroxyl groups excluding tert-OH is 1. The molecule has 2 rings (SSSR count). The van der Waals surface area contributed by atoms with Crippen LogP contribution in [-0.4, -0.2) is 30.9 Å². The fraction of sp³-hybridized carbons (Fsp3) is 0.533. The number of hydrogen-bond donors (Lipinski definition) is 1. The molecule has 0 spiro atoms. The number of allylic oxidation sites excluding steroid dienone is 2. The van der Waals surface area contributed by atoms with Crippen LogP contribution in [0.4, 0.5) is 0 Å². The minimum Gasteiger partial charge on any atom is -0.459 e.